The highest BCUT2D eigenvalue weighted by Gasteiger charge is 2.42. The van der Waals surface area contributed by atoms with Gasteiger partial charge in [0.05, 0.1) is 12.7 Å². The van der Waals surface area contributed by atoms with Crippen LogP contribution >= 0.6 is 0 Å². The number of hydrogen-bond acceptors (Lipinski definition) is 7. The quantitative estimate of drug-likeness (QED) is 0.0766. The van der Waals surface area contributed by atoms with Crippen LogP contribution in [0.2, 0.25) is 0 Å². The number of hydrogen-bond donors (Lipinski definition) is 3. The van der Waals surface area contributed by atoms with Gasteiger partial charge in [0.15, 0.2) is 5.65 Å². The standard InChI is InChI=1S/C46H44N8O/c1-33-14-12-15-34(26-33)29-48-25-24-41(36-30-49-53(32-36)31-35-16-13-23-40(55)27-35)42-28-43(47-2)50-45-44(42)51-52-54(45)46(37-17-6-3-7-18-37,38-19-8-4-9-20-38)39-21-10-5-11-22-39/h3-23,26-28,30,32,41,48,55H,24-25,29,31H2,1-2H3,(H,47,50). The van der Waals surface area contributed by atoms with E-state index < -0.39 is 5.54 Å². The van der Waals surface area contributed by atoms with Gasteiger partial charge in [-0.25, -0.2) is 9.67 Å². The summed E-state index contributed by atoms with van der Waals surface area (Å²) in [6, 6.07) is 49.5. The summed E-state index contributed by atoms with van der Waals surface area (Å²) >= 11 is 0. The van der Waals surface area contributed by atoms with E-state index in [9.17, 15) is 5.11 Å². The zero-order chi connectivity index (χ0) is 37.6. The van der Waals surface area contributed by atoms with Gasteiger partial charge in [-0.3, -0.25) is 4.68 Å². The first kappa shape index (κ1) is 35.4. The Morgan fingerprint density at radius 1 is 0.745 bits per heavy atom. The molecule has 0 aliphatic rings. The number of aromatic hydroxyl groups is 1. The Morgan fingerprint density at radius 3 is 2.04 bits per heavy atom. The van der Waals surface area contributed by atoms with E-state index in [1.54, 1.807) is 12.1 Å². The molecule has 1 unspecified atom stereocenters. The van der Waals surface area contributed by atoms with Gasteiger partial charge in [-0.1, -0.05) is 138 Å². The molecule has 8 rings (SSSR count). The predicted molar refractivity (Wildman–Crippen MR) is 218 cm³/mol. The summed E-state index contributed by atoms with van der Waals surface area (Å²) in [5, 5.41) is 32.0. The third kappa shape index (κ3) is 7.22. The van der Waals surface area contributed by atoms with Crippen molar-refractivity contribution in [2.45, 2.75) is 37.9 Å². The number of phenols is 1. The van der Waals surface area contributed by atoms with Crippen molar-refractivity contribution >= 4 is 17.0 Å². The van der Waals surface area contributed by atoms with Gasteiger partial charge >= 0.3 is 0 Å². The summed E-state index contributed by atoms with van der Waals surface area (Å²) in [6.07, 6.45) is 4.83. The van der Waals surface area contributed by atoms with Crippen LogP contribution in [0.3, 0.4) is 0 Å². The second-order valence-corrected chi connectivity index (χ2v) is 14.0. The van der Waals surface area contributed by atoms with Crippen LogP contribution in [0.15, 0.2) is 158 Å². The molecule has 5 aromatic carbocycles. The van der Waals surface area contributed by atoms with Crippen LogP contribution in [0.25, 0.3) is 11.2 Å². The van der Waals surface area contributed by atoms with Crippen LogP contribution in [0, 0.1) is 6.92 Å². The molecule has 0 radical (unpaired) electrons. The molecule has 0 bridgehead atoms. The van der Waals surface area contributed by atoms with Crippen molar-refractivity contribution in [1.29, 1.82) is 0 Å². The van der Waals surface area contributed by atoms with Crippen molar-refractivity contribution in [2.24, 2.45) is 0 Å². The number of fused-ring (bicyclic) bond motifs is 1. The fourth-order valence-corrected chi connectivity index (χ4v) is 7.74. The zero-order valence-corrected chi connectivity index (χ0v) is 31.0. The monoisotopic (exact) mass is 724 g/mol. The third-order valence-corrected chi connectivity index (χ3v) is 10.3. The average Bonchev–Trinajstić information content (AvgIpc) is 3.87. The molecule has 0 amide bonds. The molecular weight excluding hydrogens is 681 g/mol. The third-order valence-electron chi connectivity index (χ3n) is 10.3. The summed E-state index contributed by atoms with van der Waals surface area (Å²) in [7, 11) is 1.90. The Balaban J connectivity index is 1.27. The van der Waals surface area contributed by atoms with Crippen LogP contribution in [0.4, 0.5) is 5.82 Å². The van der Waals surface area contributed by atoms with Crippen molar-refractivity contribution in [3.05, 3.63) is 202 Å². The SMILES string of the molecule is CNc1cc(C(CCNCc2cccc(C)c2)c2cnn(Cc3cccc(O)c3)c2)c2nnn(C(c3ccccc3)(c3ccccc3)c3ccccc3)c2n1. The Hall–Kier alpha value is -6.58. The second-order valence-electron chi connectivity index (χ2n) is 14.0. The Bertz CT molecular complexity index is 2400. The fourth-order valence-electron chi connectivity index (χ4n) is 7.74. The van der Waals surface area contributed by atoms with E-state index in [1.165, 1.54) is 11.1 Å². The lowest BCUT2D eigenvalue weighted by molar-refractivity contribution is 0.458. The number of nitrogens with zero attached hydrogens (tertiary/aromatic N) is 6. The highest BCUT2D eigenvalue weighted by atomic mass is 16.3. The van der Waals surface area contributed by atoms with Gasteiger partial charge in [0.2, 0.25) is 0 Å². The Kier molecular flexibility index (Phi) is 10.2. The van der Waals surface area contributed by atoms with Gasteiger partial charge in [0.1, 0.15) is 22.6 Å². The lowest BCUT2D eigenvalue weighted by Crippen LogP contribution is -2.39. The number of anilines is 1. The molecule has 0 fully saturated rings. The summed E-state index contributed by atoms with van der Waals surface area (Å²) in [6.45, 7) is 4.18. The molecule has 3 aromatic heterocycles. The minimum atomic E-state index is -0.883. The van der Waals surface area contributed by atoms with Crippen LogP contribution in [-0.4, -0.2) is 48.5 Å². The minimum absolute atomic E-state index is 0.0924. The average molecular weight is 725 g/mol. The highest BCUT2D eigenvalue weighted by Crippen LogP contribution is 2.43. The van der Waals surface area contributed by atoms with Crippen LogP contribution in [-0.2, 0) is 18.6 Å². The van der Waals surface area contributed by atoms with E-state index in [4.69, 9.17) is 20.4 Å². The number of phenolic OH excluding ortho intramolecular Hbond substituents is 1. The number of pyridine rings is 1. The van der Waals surface area contributed by atoms with Gasteiger partial charge in [-0.15, -0.1) is 5.10 Å². The van der Waals surface area contributed by atoms with Gasteiger partial charge in [-0.05, 0) is 77.0 Å². The summed E-state index contributed by atoms with van der Waals surface area (Å²) < 4.78 is 3.93. The van der Waals surface area contributed by atoms with E-state index in [0.29, 0.717) is 12.2 Å². The van der Waals surface area contributed by atoms with Crippen LogP contribution in [0.5, 0.6) is 5.75 Å². The van der Waals surface area contributed by atoms with E-state index in [2.05, 4.69) is 127 Å². The van der Waals surface area contributed by atoms with E-state index in [0.717, 1.165) is 64.2 Å². The molecule has 8 aromatic rings. The molecule has 274 valence electrons. The molecule has 3 heterocycles. The second kappa shape index (κ2) is 15.8. The number of aromatic nitrogens is 6. The topological polar surface area (TPSA) is 106 Å². The van der Waals surface area contributed by atoms with Gasteiger partial charge in [-0.2, -0.15) is 5.10 Å². The lowest BCUT2D eigenvalue weighted by atomic mass is 9.77. The molecule has 9 heteroatoms. The molecular formula is C46H44N8O. The molecule has 0 aliphatic carbocycles. The van der Waals surface area contributed by atoms with Gasteiger partial charge in [0.25, 0.3) is 0 Å². The van der Waals surface area contributed by atoms with Crippen molar-refractivity contribution in [1.82, 2.24) is 35.1 Å². The van der Waals surface area contributed by atoms with E-state index in [-0.39, 0.29) is 11.7 Å². The van der Waals surface area contributed by atoms with Crippen molar-refractivity contribution < 1.29 is 5.11 Å². The molecule has 9 nitrogen and oxygen atoms in total. The number of rotatable bonds is 14. The van der Waals surface area contributed by atoms with Gasteiger partial charge < -0.3 is 15.7 Å². The molecule has 0 spiro atoms. The predicted octanol–water partition coefficient (Wildman–Crippen LogP) is 8.28. The van der Waals surface area contributed by atoms with Crippen LogP contribution < -0.4 is 10.6 Å². The normalized spacial score (nSPS) is 12.2. The molecule has 0 aliphatic heterocycles. The molecule has 1 atom stereocenters. The van der Waals surface area contributed by atoms with Gasteiger partial charge in [0, 0.05) is 25.7 Å². The highest BCUT2D eigenvalue weighted by molar-refractivity contribution is 5.79. The largest absolute Gasteiger partial charge is 0.508 e. The maximum atomic E-state index is 10.1. The first-order chi connectivity index (χ1) is 27.0. The first-order valence-electron chi connectivity index (χ1n) is 18.7. The number of benzene rings is 5. The smallest absolute Gasteiger partial charge is 0.182 e. The summed E-state index contributed by atoms with van der Waals surface area (Å²) in [5.41, 5.74) is 9.19. The Labute approximate surface area is 321 Å². The first-order valence-corrected chi connectivity index (χ1v) is 18.7. The summed E-state index contributed by atoms with van der Waals surface area (Å²) in [5.74, 6) is 0.867. The minimum Gasteiger partial charge on any atom is -0.508 e. The van der Waals surface area contributed by atoms with Crippen molar-refractivity contribution in [3.63, 3.8) is 0 Å². The lowest BCUT2D eigenvalue weighted by Gasteiger charge is -2.36. The van der Waals surface area contributed by atoms with E-state index in [1.807, 2.05) is 52.9 Å². The zero-order valence-electron chi connectivity index (χ0n) is 31.0. The summed E-state index contributed by atoms with van der Waals surface area (Å²) in [4.78, 5) is 5.21. The molecule has 3 N–H and O–H groups in total. The van der Waals surface area contributed by atoms with E-state index >= 15 is 0 Å². The molecule has 0 saturated carbocycles. The maximum absolute atomic E-state index is 10.1. The molecule has 55 heavy (non-hydrogen) atoms. The van der Waals surface area contributed by atoms with Crippen molar-refractivity contribution in [3.8, 4) is 5.75 Å². The van der Waals surface area contributed by atoms with Crippen molar-refractivity contribution in [2.75, 3.05) is 18.9 Å². The fraction of sp³-hybridized carbons (Fsp3) is 0.174. The number of nitrogens with one attached hydrogen (secondary N) is 2. The molecule has 0 saturated heterocycles. The number of aryl methyl sites for hydroxylation is 1. The van der Waals surface area contributed by atoms with Crippen LogP contribution in [0.1, 0.15) is 56.8 Å². The maximum Gasteiger partial charge on any atom is 0.182 e. The Morgan fingerprint density at radius 2 is 1.40 bits per heavy atom.